The number of rotatable bonds is 3. The lowest BCUT2D eigenvalue weighted by Crippen LogP contribution is -2.41. The molecule has 0 aliphatic carbocycles. The third-order valence-electron chi connectivity index (χ3n) is 5.62. The van der Waals surface area contributed by atoms with Gasteiger partial charge in [-0.1, -0.05) is 24.6 Å². The van der Waals surface area contributed by atoms with Crippen LogP contribution < -0.4 is 4.90 Å². The maximum absolute atomic E-state index is 13.4. The molecule has 2 aliphatic rings. The Morgan fingerprint density at radius 1 is 1.13 bits per heavy atom. The third kappa shape index (κ3) is 3.86. The van der Waals surface area contributed by atoms with E-state index in [0.717, 1.165) is 23.4 Å². The van der Waals surface area contributed by atoms with E-state index in [2.05, 4.69) is 6.92 Å². The summed E-state index contributed by atoms with van der Waals surface area (Å²) < 4.78 is 26.7. The Balaban J connectivity index is 1.84. The molecule has 0 saturated carbocycles. The van der Waals surface area contributed by atoms with Crippen molar-refractivity contribution < 1.29 is 13.2 Å². The van der Waals surface area contributed by atoms with Gasteiger partial charge in [0.1, 0.15) is 0 Å². The number of nitrogens with zero attached hydrogens (tertiary/aromatic N) is 2. The summed E-state index contributed by atoms with van der Waals surface area (Å²) in [6.07, 6.45) is 5.19. The Hall–Kier alpha value is -1.96. The number of amides is 1. The number of likely N-dealkylation sites (tertiary alicyclic amines) is 1. The zero-order valence-electron chi connectivity index (χ0n) is 16.8. The number of fused-ring (bicyclic) bond motifs is 1. The van der Waals surface area contributed by atoms with Gasteiger partial charge in [-0.25, -0.2) is 8.42 Å². The average molecular weight is 463 g/mol. The fourth-order valence-corrected chi connectivity index (χ4v) is 5.93. The lowest BCUT2D eigenvalue weighted by molar-refractivity contribution is -0.127. The number of hydrogen-bond donors (Lipinski definition) is 0. The van der Waals surface area contributed by atoms with Crippen molar-refractivity contribution in [1.82, 2.24) is 4.90 Å². The highest BCUT2D eigenvalue weighted by molar-refractivity contribution is 7.98. The molecule has 4 rings (SSSR count). The third-order valence-corrected chi connectivity index (χ3v) is 8.36. The van der Waals surface area contributed by atoms with Gasteiger partial charge in [-0.05, 0) is 61.4 Å². The summed E-state index contributed by atoms with van der Waals surface area (Å²) in [6.45, 7) is 3.30. The molecule has 0 atom stereocenters. The van der Waals surface area contributed by atoms with Crippen LogP contribution in [0.3, 0.4) is 0 Å². The number of thioether (sulfide) groups is 1. The van der Waals surface area contributed by atoms with Crippen LogP contribution in [-0.2, 0) is 14.6 Å². The molecular weight excluding hydrogens is 440 g/mol. The van der Waals surface area contributed by atoms with Crippen molar-refractivity contribution in [2.45, 2.75) is 29.6 Å². The molecule has 0 aromatic heterocycles. The zero-order chi connectivity index (χ0) is 21.5. The van der Waals surface area contributed by atoms with Crippen LogP contribution >= 0.6 is 23.4 Å². The van der Waals surface area contributed by atoms with E-state index in [9.17, 15) is 13.2 Å². The van der Waals surface area contributed by atoms with E-state index in [0.29, 0.717) is 29.7 Å². The molecule has 2 aliphatic heterocycles. The van der Waals surface area contributed by atoms with E-state index in [1.165, 1.54) is 12.3 Å². The second-order valence-corrected chi connectivity index (χ2v) is 10.9. The Morgan fingerprint density at radius 3 is 2.57 bits per heavy atom. The first-order valence-corrected chi connectivity index (χ1v) is 12.9. The molecule has 2 aromatic carbocycles. The minimum atomic E-state index is -3.95. The molecule has 30 heavy (non-hydrogen) atoms. The van der Waals surface area contributed by atoms with Crippen LogP contribution in [0.4, 0.5) is 11.4 Å². The lowest BCUT2D eigenvalue weighted by atomic mass is 9.99. The van der Waals surface area contributed by atoms with Crippen molar-refractivity contribution in [3.05, 3.63) is 58.6 Å². The topological polar surface area (TPSA) is 57.7 Å². The number of benzene rings is 2. The van der Waals surface area contributed by atoms with Crippen LogP contribution in [0.25, 0.3) is 0 Å². The van der Waals surface area contributed by atoms with Crippen molar-refractivity contribution in [1.29, 1.82) is 0 Å². The largest absolute Gasteiger partial charge is 0.338 e. The van der Waals surface area contributed by atoms with E-state index >= 15 is 0 Å². The van der Waals surface area contributed by atoms with Gasteiger partial charge in [-0.2, -0.15) is 0 Å². The number of piperidine rings is 1. The van der Waals surface area contributed by atoms with Crippen LogP contribution in [0.5, 0.6) is 0 Å². The van der Waals surface area contributed by atoms with Gasteiger partial charge in [0.25, 0.3) is 5.91 Å². The van der Waals surface area contributed by atoms with Gasteiger partial charge in [0.05, 0.1) is 10.6 Å². The quantitative estimate of drug-likeness (QED) is 0.595. The predicted molar refractivity (Wildman–Crippen MR) is 122 cm³/mol. The van der Waals surface area contributed by atoms with E-state index in [-0.39, 0.29) is 9.80 Å². The predicted octanol–water partition coefficient (Wildman–Crippen LogP) is 5.09. The van der Waals surface area contributed by atoms with E-state index in [4.69, 9.17) is 11.6 Å². The number of halogens is 1. The molecule has 0 bridgehead atoms. The number of sulfone groups is 1. The molecule has 2 heterocycles. The van der Waals surface area contributed by atoms with Crippen LogP contribution in [0.1, 0.15) is 19.8 Å². The minimum absolute atomic E-state index is 0.0951. The van der Waals surface area contributed by atoms with Crippen LogP contribution in [0, 0.1) is 5.92 Å². The van der Waals surface area contributed by atoms with Crippen molar-refractivity contribution in [3.63, 3.8) is 0 Å². The summed E-state index contributed by atoms with van der Waals surface area (Å²) in [5.41, 5.74) is 1.22. The molecule has 0 unspecified atom stereocenters. The van der Waals surface area contributed by atoms with Gasteiger partial charge in [0.2, 0.25) is 9.84 Å². The Bertz CT molecular complexity index is 1120. The molecule has 0 spiro atoms. The highest BCUT2D eigenvalue weighted by Gasteiger charge is 2.38. The standard InChI is InChI=1S/C22H23ClN2O3S2/c1-15-8-10-24(11-9-15)22(26)21-14-25(17-4-3-5-18(13-17)29-2)19-12-16(23)6-7-20(19)30(21,27)28/h3-7,12-15H,8-11H2,1-2H3. The average Bonchev–Trinajstić information content (AvgIpc) is 2.73. The molecule has 0 radical (unpaired) electrons. The minimum Gasteiger partial charge on any atom is -0.338 e. The Kier molecular flexibility index (Phi) is 5.88. The van der Waals surface area contributed by atoms with Gasteiger partial charge in [-0.3, -0.25) is 4.79 Å². The maximum Gasteiger partial charge on any atom is 0.267 e. The van der Waals surface area contributed by atoms with Gasteiger partial charge >= 0.3 is 0 Å². The summed E-state index contributed by atoms with van der Waals surface area (Å²) in [5.74, 6) is 0.105. The first-order valence-electron chi connectivity index (χ1n) is 9.80. The van der Waals surface area contributed by atoms with Gasteiger partial charge in [0.15, 0.2) is 4.91 Å². The number of hydrogen-bond acceptors (Lipinski definition) is 5. The summed E-state index contributed by atoms with van der Waals surface area (Å²) >= 11 is 7.79. The smallest absolute Gasteiger partial charge is 0.267 e. The van der Waals surface area contributed by atoms with Crippen LogP contribution in [0.2, 0.25) is 5.02 Å². The lowest BCUT2D eigenvalue weighted by Gasteiger charge is -2.34. The van der Waals surface area contributed by atoms with E-state index in [1.807, 2.05) is 30.5 Å². The maximum atomic E-state index is 13.4. The van der Waals surface area contributed by atoms with Crippen molar-refractivity contribution >= 4 is 50.5 Å². The zero-order valence-corrected chi connectivity index (χ0v) is 19.2. The number of carbonyl (C=O) groups is 1. The number of anilines is 2. The van der Waals surface area contributed by atoms with E-state index < -0.39 is 15.7 Å². The molecule has 1 saturated heterocycles. The number of carbonyl (C=O) groups excluding carboxylic acids is 1. The Morgan fingerprint density at radius 2 is 1.87 bits per heavy atom. The second kappa shape index (κ2) is 8.29. The first-order chi connectivity index (χ1) is 14.3. The van der Waals surface area contributed by atoms with Crippen molar-refractivity contribution in [3.8, 4) is 0 Å². The fraction of sp³-hybridized carbons (Fsp3) is 0.318. The summed E-state index contributed by atoms with van der Waals surface area (Å²) in [4.78, 5) is 17.6. The SMILES string of the molecule is CSc1cccc(N2C=C(C(=O)N3CCC(C)CC3)S(=O)(=O)c3ccc(Cl)cc32)c1. The molecule has 1 amide bonds. The molecule has 0 N–H and O–H groups in total. The summed E-state index contributed by atoms with van der Waals surface area (Å²) in [5, 5.41) is 0.433. The highest BCUT2D eigenvalue weighted by Crippen LogP contribution is 2.42. The first kappa shape index (κ1) is 21.3. The molecule has 2 aromatic rings. The summed E-state index contributed by atoms with van der Waals surface area (Å²) in [7, 11) is -3.95. The van der Waals surface area contributed by atoms with E-state index in [1.54, 1.807) is 33.7 Å². The van der Waals surface area contributed by atoms with Gasteiger partial charge < -0.3 is 9.80 Å². The molecule has 5 nitrogen and oxygen atoms in total. The normalized spacial score (nSPS) is 18.7. The Labute approximate surface area is 186 Å². The highest BCUT2D eigenvalue weighted by atomic mass is 35.5. The van der Waals surface area contributed by atoms with Gasteiger partial charge in [-0.15, -0.1) is 11.8 Å². The fourth-order valence-electron chi connectivity index (χ4n) is 3.79. The van der Waals surface area contributed by atoms with Crippen molar-refractivity contribution in [2.24, 2.45) is 5.92 Å². The molecular formula is C22H23ClN2O3S2. The summed E-state index contributed by atoms with van der Waals surface area (Å²) in [6, 6.07) is 12.4. The van der Waals surface area contributed by atoms with Gasteiger partial charge in [0, 0.05) is 34.9 Å². The molecule has 158 valence electrons. The monoisotopic (exact) mass is 462 g/mol. The van der Waals surface area contributed by atoms with Crippen LogP contribution in [-0.4, -0.2) is 38.6 Å². The van der Waals surface area contributed by atoms with Crippen LogP contribution in [0.15, 0.2) is 63.4 Å². The molecule has 8 heteroatoms. The molecule has 1 fully saturated rings. The van der Waals surface area contributed by atoms with Crippen molar-refractivity contribution in [2.75, 3.05) is 24.2 Å². The second-order valence-electron chi connectivity index (χ2n) is 7.66.